The average Bonchev–Trinajstić information content (AvgIpc) is 3.14. The predicted octanol–water partition coefficient (Wildman–Crippen LogP) is 5.29. The predicted molar refractivity (Wildman–Crippen MR) is 124 cm³/mol. The average molecular weight is 529 g/mol. The first-order valence-electron chi connectivity index (χ1n) is 9.77. The van der Waals surface area contributed by atoms with Gasteiger partial charge in [-0.25, -0.2) is 9.37 Å². The van der Waals surface area contributed by atoms with Crippen LogP contribution in [0, 0.1) is 9.39 Å². The molecule has 0 unspecified atom stereocenters. The van der Waals surface area contributed by atoms with Crippen LogP contribution in [0.1, 0.15) is 12.8 Å². The van der Waals surface area contributed by atoms with Crippen molar-refractivity contribution in [2.75, 3.05) is 38.2 Å². The molecule has 8 heteroatoms. The van der Waals surface area contributed by atoms with Crippen molar-refractivity contribution in [1.82, 2.24) is 14.5 Å². The van der Waals surface area contributed by atoms with Gasteiger partial charge in [0.25, 0.3) is 0 Å². The maximum absolute atomic E-state index is 15.0. The van der Waals surface area contributed by atoms with Gasteiger partial charge in [-0.05, 0) is 72.3 Å². The first-order chi connectivity index (χ1) is 14.1. The molecule has 1 fully saturated rings. The first-order valence-corrected chi connectivity index (χ1v) is 11.2. The number of fused-ring (bicyclic) bond motifs is 1. The number of halogens is 3. The van der Waals surface area contributed by atoms with Gasteiger partial charge >= 0.3 is 0 Å². The van der Waals surface area contributed by atoms with Crippen molar-refractivity contribution >= 4 is 56.6 Å². The highest BCUT2D eigenvalue weighted by atomic mass is 127. The van der Waals surface area contributed by atoms with E-state index < -0.39 is 0 Å². The van der Waals surface area contributed by atoms with Gasteiger partial charge < -0.3 is 14.6 Å². The molecule has 1 aliphatic heterocycles. The van der Waals surface area contributed by atoms with E-state index in [0.29, 0.717) is 21.9 Å². The normalized spacial score (nSPS) is 15.1. The van der Waals surface area contributed by atoms with Gasteiger partial charge in [-0.2, -0.15) is 0 Å². The molecule has 1 aliphatic rings. The largest absolute Gasteiger partial charge is 0.379 e. The van der Waals surface area contributed by atoms with E-state index >= 15 is 4.39 Å². The molecule has 5 nitrogen and oxygen atoms in total. The van der Waals surface area contributed by atoms with Crippen LogP contribution in [-0.4, -0.2) is 47.3 Å². The molecule has 1 saturated heterocycles. The Kier molecular flexibility index (Phi) is 6.89. The highest BCUT2D eigenvalue weighted by Gasteiger charge is 2.14. The Bertz CT molecular complexity index is 990. The van der Waals surface area contributed by atoms with E-state index in [1.165, 1.54) is 0 Å². The summed E-state index contributed by atoms with van der Waals surface area (Å²) in [5, 5.41) is 3.64. The molecule has 2 heterocycles. The number of benzene rings is 2. The maximum Gasteiger partial charge on any atom is 0.174 e. The van der Waals surface area contributed by atoms with Gasteiger partial charge in [0, 0.05) is 23.2 Å². The van der Waals surface area contributed by atoms with Gasteiger partial charge in [0.1, 0.15) is 5.52 Å². The summed E-state index contributed by atoms with van der Waals surface area (Å²) in [6.07, 6.45) is 3.86. The summed E-state index contributed by atoms with van der Waals surface area (Å²) in [4.78, 5) is 6.75. The summed E-state index contributed by atoms with van der Waals surface area (Å²) in [5.74, 6) is -0.357. The second kappa shape index (κ2) is 9.59. The number of imidazole rings is 1. The topological polar surface area (TPSA) is 42.3 Å². The van der Waals surface area contributed by atoms with E-state index in [0.717, 1.165) is 61.3 Å². The van der Waals surface area contributed by atoms with Crippen LogP contribution in [-0.2, 0) is 11.3 Å². The van der Waals surface area contributed by atoms with Crippen LogP contribution < -0.4 is 5.32 Å². The van der Waals surface area contributed by atoms with E-state index in [4.69, 9.17) is 16.3 Å². The summed E-state index contributed by atoms with van der Waals surface area (Å²) < 4.78 is 23.4. The van der Waals surface area contributed by atoms with Gasteiger partial charge in [-0.1, -0.05) is 11.6 Å². The number of ether oxygens (including phenoxy) is 1. The zero-order valence-electron chi connectivity index (χ0n) is 16.0. The summed E-state index contributed by atoms with van der Waals surface area (Å²) in [6, 6.07) is 9.28. The first kappa shape index (κ1) is 20.8. The number of unbranched alkanes of at least 4 members (excludes halogenated alkanes) is 1. The number of morpholine rings is 1. The number of hydrogen-bond donors (Lipinski definition) is 1. The van der Waals surface area contributed by atoms with Crippen molar-refractivity contribution < 1.29 is 9.13 Å². The second-order valence-electron chi connectivity index (χ2n) is 7.14. The lowest BCUT2D eigenvalue weighted by Gasteiger charge is -2.26. The van der Waals surface area contributed by atoms with Crippen molar-refractivity contribution in [2.45, 2.75) is 19.4 Å². The molecule has 3 aromatic rings. The molecule has 0 radical (unpaired) electrons. The van der Waals surface area contributed by atoms with Gasteiger partial charge in [-0.15, -0.1) is 0 Å². The molecule has 0 aliphatic carbocycles. The SMILES string of the molecule is Fc1c(Nc2ccc(I)cc2Cl)ccc2c1ncn2CCCCN1CCOCC1. The minimum atomic E-state index is -0.357. The number of aromatic nitrogens is 2. The van der Waals surface area contributed by atoms with E-state index in [1.807, 2.05) is 28.8 Å². The number of nitrogens with one attached hydrogen (secondary N) is 1. The Morgan fingerprint density at radius 1 is 1.10 bits per heavy atom. The Morgan fingerprint density at radius 3 is 2.66 bits per heavy atom. The number of nitrogens with zero attached hydrogens (tertiary/aromatic N) is 3. The third kappa shape index (κ3) is 5.02. The second-order valence-corrected chi connectivity index (χ2v) is 8.80. The molecule has 29 heavy (non-hydrogen) atoms. The van der Waals surface area contributed by atoms with Crippen molar-refractivity contribution in [3.8, 4) is 0 Å². The lowest BCUT2D eigenvalue weighted by atomic mass is 10.2. The molecule has 0 saturated carbocycles. The van der Waals surface area contributed by atoms with Crippen LogP contribution in [0.5, 0.6) is 0 Å². The lowest BCUT2D eigenvalue weighted by molar-refractivity contribution is 0.0371. The maximum atomic E-state index is 15.0. The van der Waals surface area contributed by atoms with Crippen molar-refractivity contribution in [3.05, 3.63) is 51.1 Å². The Morgan fingerprint density at radius 2 is 1.86 bits per heavy atom. The standard InChI is InChI=1S/C21H23ClFIN4O/c22-16-13-15(24)3-4-17(16)26-18-5-6-19-21(20(18)23)25-14-28(19)8-2-1-7-27-9-11-29-12-10-27/h3-6,13-14,26H,1-2,7-12H2. The van der Waals surface area contributed by atoms with Gasteiger partial charge in [-0.3, -0.25) is 4.90 Å². The van der Waals surface area contributed by atoms with Crippen LogP contribution in [0.25, 0.3) is 11.0 Å². The van der Waals surface area contributed by atoms with Crippen LogP contribution >= 0.6 is 34.2 Å². The third-order valence-corrected chi connectivity index (χ3v) is 6.14. The summed E-state index contributed by atoms with van der Waals surface area (Å²) in [7, 11) is 0. The number of hydrogen-bond acceptors (Lipinski definition) is 4. The highest BCUT2D eigenvalue weighted by Crippen LogP contribution is 2.30. The Balaban J connectivity index is 1.41. The molecule has 154 valence electrons. The fourth-order valence-electron chi connectivity index (χ4n) is 3.55. The zero-order valence-corrected chi connectivity index (χ0v) is 18.9. The van der Waals surface area contributed by atoms with Crippen molar-refractivity contribution in [2.24, 2.45) is 0 Å². The van der Waals surface area contributed by atoms with Crippen LogP contribution in [0.15, 0.2) is 36.7 Å². The summed E-state index contributed by atoms with van der Waals surface area (Å²) in [6.45, 7) is 5.59. The van der Waals surface area contributed by atoms with Gasteiger partial charge in [0.2, 0.25) is 0 Å². The number of aryl methyl sites for hydroxylation is 1. The van der Waals surface area contributed by atoms with Gasteiger partial charge in [0.15, 0.2) is 5.82 Å². The Labute approximate surface area is 188 Å². The number of rotatable bonds is 7. The van der Waals surface area contributed by atoms with Crippen LogP contribution in [0.2, 0.25) is 5.02 Å². The molecule has 4 rings (SSSR count). The Hall–Kier alpha value is -1.42. The van der Waals surface area contributed by atoms with E-state index in [2.05, 4.69) is 37.8 Å². The van der Waals surface area contributed by atoms with Crippen LogP contribution in [0.3, 0.4) is 0 Å². The van der Waals surface area contributed by atoms with E-state index in [-0.39, 0.29) is 5.82 Å². The minimum absolute atomic E-state index is 0.357. The molecule has 1 aromatic heterocycles. The summed E-state index contributed by atoms with van der Waals surface area (Å²) >= 11 is 8.45. The summed E-state index contributed by atoms with van der Waals surface area (Å²) in [5.41, 5.74) is 2.24. The smallest absolute Gasteiger partial charge is 0.174 e. The van der Waals surface area contributed by atoms with E-state index in [1.54, 1.807) is 12.4 Å². The minimum Gasteiger partial charge on any atom is -0.379 e. The zero-order chi connectivity index (χ0) is 20.2. The fourth-order valence-corrected chi connectivity index (χ4v) is 4.45. The molecule has 0 atom stereocenters. The third-order valence-electron chi connectivity index (χ3n) is 5.16. The van der Waals surface area contributed by atoms with Gasteiger partial charge in [0.05, 0.1) is 41.5 Å². The number of anilines is 2. The molecular weight excluding hydrogens is 506 g/mol. The molecule has 0 amide bonds. The molecular formula is C21H23ClFIN4O. The molecule has 1 N–H and O–H groups in total. The quantitative estimate of drug-likeness (QED) is 0.334. The van der Waals surface area contributed by atoms with Crippen molar-refractivity contribution in [3.63, 3.8) is 0 Å². The fraction of sp³-hybridized carbons (Fsp3) is 0.381. The highest BCUT2D eigenvalue weighted by molar-refractivity contribution is 14.1. The monoisotopic (exact) mass is 528 g/mol. The van der Waals surface area contributed by atoms with Crippen LogP contribution in [0.4, 0.5) is 15.8 Å². The molecule has 0 bridgehead atoms. The molecule has 2 aromatic carbocycles. The van der Waals surface area contributed by atoms with Crippen molar-refractivity contribution in [1.29, 1.82) is 0 Å². The van der Waals surface area contributed by atoms with E-state index in [9.17, 15) is 0 Å². The molecule has 0 spiro atoms. The lowest BCUT2D eigenvalue weighted by Crippen LogP contribution is -2.36.